The fourth-order valence-corrected chi connectivity index (χ4v) is 3.12. The summed E-state index contributed by atoms with van der Waals surface area (Å²) in [5.41, 5.74) is -0.774. The zero-order valence-electron chi connectivity index (χ0n) is 10.4. The molecular formula is C13H18O4S. The number of ether oxygens (including phenoxy) is 1. The van der Waals surface area contributed by atoms with Gasteiger partial charge in [-0.25, -0.2) is 4.79 Å². The molecule has 2 N–H and O–H groups in total. The van der Waals surface area contributed by atoms with E-state index in [2.05, 4.69) is 0 Å². The number of hydrogen-bond acceptors (Lipinski definition) is 4. The number of carboxylic acid groups (broad SMARTS) is 1. The van der Waals surface area contributed by atoms with Crippen LogP contribution < -0.4 is 4.74 Å². The molecule has 0 amide bonds. The van der Waals surface area contributed by atoms with Gasteiger partial charge < -0.3 is 14.9 Å². The second-order valence-corrected chi connectivity index (χ2v) is 5.92. The van der Waals surface area contributed by atoms with E-state index in [-0.39, 0.29) is 11.5 Å². The van der Waals surface area contributed by atoms with Gasteiger partial charge in [0, 0.05) is 4.88 Å². The number of hydrogen-bond donors (Lipinski definition) is 2. The van der Waals surface area contributed by atoms with Gasteiger partial charge in [0.05, 0.1) is 5.60 Å². The van der Waals surface area contributed by atoms with Crippen LogP contribution in [-0.4, -0.2) is 28.4 Å². The van der Waals surface area contributed by atoms with E-state index >= 15 is 0 Å². The summed E-state index contributed by atoms with van der Waals surface area (Å²) in [6.45, 7) is 2.17. The van der Waals surface area contributed by atoms with E-state index in [0.717, 1.165) is 37.0 Å². The van der Waals surface area contributed by atoms with Gasteiger partial charge in [-0.15, -0.1) is 11.3 Å². The molecule has 1 aromatic heterocycles. The Labute approximate surface area is 110 Å². The molecular weight excluding hydrogens is 252 g/mol. The minimum Gasteiger partial charge on any atom is -0.489 e. The Bertz CT molecular complexity index is 432. The molecule has 0 aliphatic heterocycles. The average Bonchev–Trinajstić information content (AvgIpc) is 2.93. The smallest absolute Gasteiger partial charge is 0.349 e. The van der Waals surface area contributed by atoms with Crippen LogP contribution in [0.25, 0.3) is 0 Å². The fraction of sp³-hybridized carbons (Fsp3) is 0.615. The molecule has 0 spiro atoms. The van der Waals surface area contributed by atoms with Crippen LogP contribution in [0.15, 0.2) is 6.07 Å². The Balaban J connectivity index is 2.08. The molecule has 1 fully saturated rings. The predicted octanol–water partition coefficient (Wildman–Crippen LogP) is 2.69. The largest absolute Gasteiger partial charge is 0.489 e. The number of carbonyl (C=O) groups is 1. The summed E-state index contributed by atoms with van der Waals surface area (Å²) in [6.07, 6.45) is 4.28. The van der Waals surface area contributed by atoms with Gasteiger partial charge in [0.25, 0.3) is 0 Å². The van der Waals surface area contributed by atoms with Crippen molar-refractivity contribution >= 4 is 17.3 Å². The monoisotopic (exact) mass is 270 g/mol. The van der Waals surface area contributed by atoms with Gasteiger partial charge in [0.2, 0.25) is 0 Å². The maximum absolute atomic E-state index is 11.1. The van der Waals surface area contributed by atoms with Crippen LogP contribution in [0.5, 0.6) is 5.75 Å². The Morgan fingerprint density at radius 2 is 2.17 bits per heavy atom. The Morgan fingerprint density at radius 1 is 1.50 bits per heavy atom. The summed E-state index contributed by atoms with van der Waals surface area (Å²) in [5, 5.41) is 19.3. The highest BCUT2D eigenvalue weighted by molar-refractivity contribution is 7.14. The molecule has 1 saturated carbocycles. The van der Waals surface area contributed by atoms with Crippen molar-refractivity contribution in [1.82, 2.24) is 0 Å². The van der Waals surface area contributed by atoms with Crippen molar-refractivity contribution in [2.45, 2.75) is 44.6 Å². The Hall–Kier alpha value is -1.07. The molecule has 0 aromatic carbocycles. The lowest BCUT2D eigenvalue weighted by molar-refractivity contribution is 0.00107. The molecule has 0 unspecified atom stereocenters. The molecule has 4 nitrogen and oxygen atoms in total. The van der Waals surface area contributed by atoms with Crippen LogP contribution in [0.1, 0.15) is 47.2 Å². The van der Waals surface area contributed by atoms with Gasteiger partial charge >= 0.3 is 5.97 Å². The van der Waals surface area contributed by atoms with Crippen molar-refractivity contribution < 1.29 is 19.7 Å². The molecule has 18 heavy (non-hydrogen) atoms. The van der Waals surface area contributed by atoms with Gasteiger partial charge in [-0.1, -0.05) is 19.8 Å². The van der Waals surface area contributed by atoms with Crippen molar-refractivity contribution in [3.8, 4) is 5.75 Å². The van der Waals surface area contributed by atoms with E-state index in [0.29, 0.717) is 5.75 Å². The first-order valence-electron chi connectivity index (χ1n) is 6.25. The summed E-state index contributed by atoms with van der Waals surface area (Å²) < 4.78 is 5.55. The normalized spacial score (nSPS) is 17.9. The van der Waals surface area contributed by atoms with E-state index in [1.165, 1.54) is 11.3 Å². The van der Waals surface area contributed by atoms with E-state index in [1.54, 1.807) is 6.07 Å². The average molecular weight is 270 g/mol. The zero-order valence-corrected chi connectivity index (χ0v) is 11.3. The maximum atomic E-state index is 11.1. The molecule has 5 heteroatoms. The maximum Gasteiger partial charge on any atom is 0.349 e. The molecule has 2 rings (SSSR count). The van der Waals surface area contributed by atoms with Crippen molar-refractivity contribution in [2.24, 2.45) is 0 Å². The van der Waals surface area contributed by atoms with E-state index < -0.39 is 11.6 Å². The zero-order chi connectivity index (χ0) is 13.2. The van der Waals surface area contributed by atoms with Crippen LogP contribution in [0.2, 0.25) is 0 Å². The van der Waals surface area contributed by atoms with Crippen LogP contribution in [-0.2, 0) is 6.42 Å². The minimum atomic E-state index is -0.965. The Morgan fingerprint density at radius 3 is 2.72 bits per heavy atom. The number of carboxylic acids is 1. The van der Waals surface area contributed by atoms with Crippen LogP contribution >= 0.6 is 11.3 Å². The van der Waals surface area contributed by atoms with Gasteiger partial charge in [0.15, 0.2) is 4.88 Å². The third-order valence-electron chi connectivity index (χ3n) is 3.32. The second-order valence-electron chi connectivity index (χ2n) is 4.78. The topological polar surface area (TPSA) is 66.8 Å². The summed E-state index contributed by atoms with van der Waals surface area (Å²) in [7, 11) is 0. The molecule has 0 atom stereocenters. The van der Waals surface area contributed by atoms with Crippen LogP contribution in [0.4, 0.5) is 0 Å². The lowest BCUT2D eigenvalue weighted by Crippen LogP contribution is -2.32. The fourth-order valence-electron chi connectivity index (χ4n) is 2.24. The van der Waals surface area contributed by atoms with Crippen LogP contribution in [0, 0.1) is 0 Å². The first-order valence-corrected chi connectivity index (χ1v) is 7.07. The van der Waals surface area contributed by atoms with Crippen molar-refractivity contribution in [2.75, 3.05) is 6.61 Å². The van der Waals surface area contributed by atoms with Gasteiger partial charge in [-0.2, -0.15) is 0 Å². The van der Waals surface area contributed by atoms with Crippen molar-refractivity contribution in [3.63, 3.8) is 0 Å². The number of rotatable bonds is 5. The second kappa shape index (κ2) is 5.28. The highest BCUT2D eigenvalue weighted by atomic mass is 32.1. The molecule has 1 aromatic rings. The number of aliphatic hydroxyl groups is 1. The number of thiophene rings is 1. The Kier molecular flexibility index (Phi) is 3.92. The van der Waals surface area contributed by atoms with Crippen LogP contribution in [0.3, 0.4) is 0 Å². The van der Waals surface area contributed by atoms with Gasteiger partial charge in [-0.05, 0) is 25.3 Å². The third-order valence-corrected chi connectivity index (χ3v) is 4.57. The highest BCUT2D eigenvalue weighted by Gasteiger charge is 2.32. The van der Waals surface area contributed by atoms with Gasteiger partial charge in [-0.3, -0.25) is 0 Å². The molecule has 0 saturated heterocycles. The first kappa shape index (κ1) is 13.4. The molecule has 1 aliphatic carbocycles. The molecule has 0 radical (unpaired) electrons. The lowest BCUT2D eigenvalue weighted by atomic mass is 10.0. The number of aryl methyl sites for hydroxylation is 1. The quantitative estimate of drug-likeness (QED) is 0.863. The summed E-state index contributed by atoms with van der Waals surface area (Å²) in [5.74, 6) is -0.571. The third kappa shape index (κ3) is 2.84. The lowest BCUT2D eigenvalue weighted by Gasteiger charge is -2.21. The van der Waals surface area contributed by atoms with Crippen molar-refractivity contribution in [3.05, 3.63) is 15.8 Å². The standard InChI is InChI=1S/C13H18O4S/c1-2-9-7-10(11(18-9)12(14)15)17-8-13(16)5-3-4-6-13/h7,16H,2-6,8H2,1H3,(H,14,15). The van der Waals surface area contributed by atoms with E-state index in [9.17, 15) is 9.90 Å². The SMILES string of the molecule is CCc1cc(OCC2(O)CCCC2)c(C(=O)O)s1. The molecule has 100 valence electrons. The first-order chi connectivity index (χ1) is 8.54. The van der Waals surface area contributed by atoms with Crippen molar-refractivity contribution in [1.29, 1.82) is 0 Å². The number of aromatic carboxylic acids is 1. The van der Waals surface area contributed by atoms with Gasteiger partial charge in [0.1, 0.15) is 12.4 Å². The molecule has 1 heterocycles. The highest BCUT2D eigenvalue weighted by Crippen LogP contribution is 2.33. The van der Waals surface area contributed by atoms with E-state index in [1.807, 2.05) is 6.92 Å². The summed E-state index contributed by atoms with van der Waals surface area (Å²) in [6, 6.07) is 1.77. The molecule has 1 aliphatic rings. The summed E-state index contributed by atoms with van der Waals surface area (Å²) >= 11 is 1.24. The minimum absolute atomic E-state index is 0.188. The summed E-state index contributed by atoms with van der Waals surface area (Å²) in [4.78, 5) is 12.3. The van der Waals surface area contributed by atoms with E-state index in [4.69, 9.17) is 9.84 Å². The predicted molar refractivity (Wildman–Crippen MR) is 69.6 cm³/mol. The molecule has 0 bridgehead atoms.